The van der Waals surface area contributed by atoms with Gasteiger partial charge in [0.1, 0.15) is 5.76 Å². The number of nitrogens with one attached hydrogen (secondary N) is 1. The molecule has 1 aliphatic rings. The fourth-order valence-corrected chi connectivity index (χ4v) is 3.86. The van der Waals surface area contributed by atoms with Gasteiger partial charge in [-0.05, 0) is 47.9 Å². The third-order valence-corrected chi connectivity index (χ3v) is 5.45. The molecule has 7 nitrogen and oxygen atoms in total. The number of aromatic nitrogens is 1. The van der Waals surface area contributed by atoms with Crippen LogP contribution in [-0.4, -0.2) is 33.7 Å². The van der Waals surface area contributed by atoms with Crippen molar-refractivity contribution in [3.63, 3.8) is 0 Å². The highest BCUT2D eigenvalue weighted by atomic mass is 16.3. The first-order chi connectivity index (χ1) is 15.1. The monoisotopic (exact) mass is 413 g/mol. The largest absolute Gasteiger partial charge is 0.467 e. The molecular formula is C24H19N3O4. The first-order valence-electron chi connectivity index (χ1n) is 9.96. The molecule has 1 aliphatic heterocycles. The second kappa shape index (κ2) is 7.60. The lowest BCUT2D eigenvalue weighted by atomic mass is 10.1. The van der Waals surface area contributed by atoms with Crippen LogP contribution in [0.25, 0.3) is 10.9 Å². The number of amides is 3. The highest BCUT2D eigenvalue weighted by Crippen LogP contribution is 2.26. The third kappa shape index (κ3) is 3.40. The van der Waals surface area contributed by atoms with Gasteiger partial charge in [-0.2, -0.15) is 0 Å². The average molecular weight is 413 g/mol. The highest BCUT2D eigenvalue weighted by Gasteiger charge is 2.36. The van der Waals surface area contributed by atoms with E-state index in [-0.39, 0.29) is 23.9 Å². The standard InChI is InChI=1S/C24H19N3O4/c28-22(25-10-12-26-11-9-16-4-1-2-6-21(16)26)17-7-8-19-20(14-17)24(30)27(23(19)29)15-18-5-3-13-31-18/h1-9,11,13-14H,10,12,15H2,(H,25,28). The zero-order valence-electron chi connectivity index (χ0n) is 16.6. The smallest absolute Gasteiger partial charge is 0.261 e. The van der Waals surface area contributed by atoms with Crippen molar-refractivity contribution in [1.82, 2.24) is 14.8 Å². The van der Waals surface area contributed by atoms with Crippen LogP contribution in [0.2, 0.25) is 0 Å². The molecule has 5 rings (SSSR count). The second-order valence-electron chi connectivity index (χ2n) is 7.36. The van der Waals surface area contributed by atoms with Crippen LogP contribution in [0, 0.1) is 0 Å². The minimum absolute atomic E-state index is 0.0612. The molecule has 0 radical (unpaired) electrons. The summed E-state index contributed by atoms with van der Waals surface area (Å²) >= 11 is 0. The Bertz CT molecular complexity index is 1300. The van der Waals surface area contributed by atoms with E-state index in [0.717, 1.165) is 15.8 Å². The van der Waals surface area contributed by atoms with Gasteiger partial charge in [-0.1, -0.05) is 18.2 Å². The molecule has 0 saturated carbocycles. The number of hydrogen-bond donors (Lipinski definition) is 1. The maximum Gasteiger partial charge on any atom is 0.261 e. The molecule has 2 aromatic heterocycles. The molecule has 0 fully saturated rings. The summed E-state index contributed by atoms with van der Waals surface area (Å²) in [6, 6.07) is 18.1. The molecule has 31 heavy (non-hydrogen) atoms. The summed E-state index contributed by atoms with van der Waals surface area (Å²) in [5.41, 5.74) is 1.99. The minimum Gasteiger partial charge on any atom is -0.467 e. The Kier molecular flexibility index (Phi) is 4.63. The molecule has 154 valence electrons. The van der Waals surface area contributed by atoms with Gasteiger partial charge in [0.2, 0.25) is 0 Å². The molecular weight excluding hydrogens is 394 g/mol. The number of carbonyl (C=O) groups excluding carboxylic acids is 3. The number of rotatable bonds is 6. The van der Waals surface area contributed by atoms with E-state index in [1.165, 1.54) is 18.4 Å². The van der Waals surface area contributed by atoms with Crippen LogP contribution in [0.4, 0.5) is 0 Å². The maximum atomic E-state index is 12.7. The van der Waals surface area contributed by atoms with E-state index in [1.807, 2.05) is 36.5 Å². The van der Waals surface area contributed by atoms with Gasteiger partial charge < -0.3 is 14.3 Å². The van der Waals surface area contributed by atoms with Crippen molar-refractivity contribution in [1.29, 1.82) is 0 Å². The van der Waals surface area contributed by atoms with Gasteiger partial charge in [0.15, 0.2) is 0 Å². The van der Waals surface area contributed by atoms with Gasteiger partial charge in [0.25, 0.3) is 17.7 Å². The van der Waals surface area contributed by atoms with Gasteiger partial charge in [0.05, 0.1) is 23.9 Å². The lowest BCUT2D eigenvalue weighted by Gasteiger charge is -2.11. The highest BCUT2D eigenvalue weighted by molar-refractivity contribution is 6.22. The minimum atomic E-state index is -0.426. The number of imide groups is 1. The summed E-state index contributed by atoms with van der Waals surface area (Å²) < 4.78 is 7.32. The fraction of sp³-hybridized carbons (Fsp3) is 0.125. The van der Waals surface area contributed by atoms with Crippen molar-refractivity contribution in [3.8, 4) is 0 Å². The predicted molar refractivity (Wildman–Crippen MR) is 114 cm³/mol. The van der Waals surface area contributed by atoms with Crippen LogP contribution in [-0.2, 0) is 13.1 Å². The molecule has 3 amide bonds. The second-order valence-corrected chi connectivity index (χ2v) is 7.36. The summed E-state index contributed by atoms with van der Waals surface area (Å²) in [6.07, 6.45) is 3.48. The summed E-state index contributed by atoms with van der Waals surface area (Å²) in [5.74, 6) is -0.582. The molecule has 0 unspecified atom stereocenters. The summed E-state index contributed by atoms with van der Waals surface area (Å²) in [7, 11) is 0. The Labute approximate surface area is 177 Å². The predicted octanol–water partition coefficient (Wildman–Crippen LogP) is 3.46. The van der Waals surface area contributed by atoms with E-state index in [0.29, 0.717) is 30.0 Å². The summed E-state index contributed by atoms with van der Waals surface area (Å²) in [5, 5.41) is 4.03. The number of hydrogen-bond acceptors (Lipinski definition) is 4. The molecule has 0 bridgehead atoms. The number of benzene rings is 2. The Balaban J connectivity index is 1.27. The Morgan fingerprint density at radius 3 is 2.61 bits per heavy atom. The molecule has 0 atom stereocenters. The van der Waals surface area contributed by atoms with E-state index in [2.05, 4.69) is 9.88 Å². The number of para-hydroxylation sites is 1. The number of carbonyl (C=O) groups is 3. The van der Waals surface area contributed by atoms with Gasteiger partial charge in [-0.25, -0.2) is 0 Å². The molecule has 3 heterocycles. The van der Waals surface area contributed by atoms with Gasteiger partial charge in [-0.15, -0.1) is 0 Å². The van der Waals surface area contributed by atoms with Crippen molar-refractivity contribution in [2.24, 2.45) is 0 Å². The maximum absolute atomic E-state index is 12.7. The number of furan rings is 1. The van der Waals surface area contributed by atoms with Crippen molar-refractivity contribution in [2.45, 2.75) is 13.1 Å². The first kappa shape index (κ1) is 18.9. The van der Waals surface area contributed by atoms with Crippen molar-refractivity contribution in [3.05, 3.63) is 95.6 Å². The average Bonchev–Trinajstić information content (AvgIpc) is 3.50. The topological polar surface area (TPSA) is 84.6 Å². The van der Waals surface area contributed by atoms with Crippen LogP contribution in [0.1, 0.15) is 36.8 Å². The zero-order valence-corrected chi connectivity index (χ0v) is 16.6. The van der Waals surface area contributed by atoms with Gasteiger partial charge >= 0.3 is 0 Å². The normalized spacial score (nSPS) is 13.1. The van der Waals surface area contributed by atoms with Crippen LogP contribution >= 0.6 is 0 Å². The van der Waals surface area contributed by atoms with Crippen LogP contribution in [0.3, 0.4) is 0 Å². The quantitative estimate of drug-likeness (QED) is 0.491. The molecule has 4 aromatic rings. The molecule has 0 spiro atoms. The van der Waals surface area contributed by atoms with Crippen LogP contribution in [0.15, 0.2) is 77.5 Å². The SMILES string of the molecule is O=C(NCCn1ccc2ccccc21)c1ccc2c(c1)C(=O)N(Cc1ccco1)C2=O. The van der Waals surface area contributed by atoms with Gasteiger partial charge in [0, 0.05) is 30.4 Å². The van der Waals surface area contributed by atoms with Crippen LogP contribution < -0.4 is 5.32 Å². The zero-order chi connectivity index (χ0) is 21.4. The van der Waals surface area contributed by atoms with Crippen molar-refractivity contribution >= 4 is 28.6 Å². The molecule has 1 N–H and O–H groups in total. The number of fused-ring (bicyclic) bond motifs is 2. The lowest BCUT2D eigenvalue weighted by molar-refractivity contribution is 0.0631. The third-order valence-electron chi connectivity index (χ3n) is 5.45. The van der Waals surface area contributed by atoms with E-state index >= 15 is 0 Å². The van der Waals surface area contributed by atoms with Crippen molar-refractivity contribution < 1.29 is 18.8 Å². The number of nitrogens with zero attached hydrogens (tertiary/aromatic N) is 2. The van der Waals surface area contributed by atoms with Crippen LogP contribution in [0.5, 0.6) is 0 Å². The van der Waals surface area contributed by atoms with E-state index in [9.17, 15) is 14.4 Å². The summed E-state index contributed by atoms with van der Waals surface area (Å²) in [4.78, 5) is 39.1. The Morgan fingerprint density at radius 2 is 1.77 bits per heavy atom. The summed E-state index contributed by atoms with van der Waals surface area (Å²) in [6.45, 7) is 1.12. The van der Waals surface area contributed by atoms with Gasteiger partial charge in [-0.3, -0.25) is 19.3 Å². The molecule has 0 saturated heterocycles. The van der Waals surface area contributed by atoms with Crippen molar-refractivity contribution in [2.75, 3.05) is 6.54 Å². The van der Waals surface area contributed by atoms with E-state index in [1.54, 1.807) is 18.2 Å². The Hall–Kier alpha value is -4.13. The Morgan fingerprint density at radius 1 is 0.935 bits per heavy atom. The molecule has 0 aliphatic carbocycles. The molecule has 2 aromatic carbocycles. The first-order valence-corrected chi connectivity index (χ1v) is 9.96. The lowest BCUT2D eigenvalue weighted by Crippen LogP contribution is -2.29. The fourth-order valence-electron chi connectivity index (χ4n) is 3.86. The molecule has 7 heteroatoms. The van der Waals surface area contributed by atoms with E-state index in [4.69, 9.17) is 4.42 Å². The van der Waals surface area contributed by atoms with E-state index < -0.39 is 5.91 Å².